The zero-order valence-corrected chi connectivity index (χ0v) is 33.7. The van der Waals surface area contributed by atoms with Crippen LogP contribution in [0.2, 0.25) is 0 Å². The number of amides is 3. The van der Waals surface area contributed by atoms with Crippen LogP contribution in [0.5, 0.6) is 0 Å². The largest absolute Gasteiger partial charge is 0.381 e. The molecule has 3 aromatic heterocycles. The molecule has 6 aromatic rings. The number of benzene rings is 3. The molecule has 4 aliphatic rings. The number of aromatic nitrogens is 3. The van der Waals surface area contributed by atoms with Crippen LogP contribution in [-0.4, -0.2) is 100 Å². The molecular formula is C44H46FN9O4S. The van der Waals surface area contributed by atoms with Crippen LogP contribution in [0.3, 0.4) is 0 Å². The molecule has 5 N–H and O–H groups in total. The lowest BCUT2D eigenvalue weighted by Gasteiger charge is -2.42. The second-order valence-corrected chi connectivity index (χ2v) is 17.7. The van der Waals surface area contributed by atoms with Crippen LogP contribution >= 0.6 is 11.3 Å². The Bertz CT molecular complexity index is 2670. The molecule has 10 rings (SSSR count). The van der Waals surface area contributed by atoms with Crippen LogP contribution in [0.4, 0.5) is 15.8 Å². The number of pyridine rings is 1. The van der Waals surface area contributed by atoms with Crippen LogP contribution in [0.25, 0.3) is 43.1 Å². The van der Waals surface area contributed by atoms with Gasteiger partial charge < -0.3 is 31.3 Å². The fourth-order valence-electron chi connectivity index (χ4n) is 9.35. The molecule has 3 amide bonds. The van der Waals surface area contributed by atoms with E-state index in [1.54, 1.807) is 18.2 Å². The van der Waals surface area contributed by atoms with Gasteiger partial charge in [-0.3, -0.25) is 24.0 Å². The van der Waals surface area contributed by atoms with Crippen molar-refractivity contribution in [2.75, 3.05) is 49.5 Å². The Morgan fingerprint density at radius 1 is 0.983 bits per heavy atom. The summed E-state index contributed by atoms with van der Waals surface area (Å²) in [5.41, 5.74) is 5.48. The number of hydrogen-bond donors (Lipinski definition) is 5. The number of piperazine rings is 1. The second kappa shape index (κ2) is 14.9. The molecule has 59 heavy (non-hydrogen) atoms. The average Bonchev–Trinajstić information content (AvgIpc) is 3.72. The molecule has 3 atom stereocenters. The van der Waals surface area contributed by atoms with Crippen molar-refractivity contribution in [3.8, 4) is 11.3 Å². The van der Waals surface area contributed by atoms with Gasteiger partial charge in [-0.15, -0.1) is 11.3 Å². The molecule has 3 fully saturated rings. The Kier molecular flexibility index (Phi) is 9.48. The van der Waals surface area contributed by atoms with E-state index < -0.39 is 12.0 Å². The van der Waals surface area contributed by atoms with Crippen molar-refractivity contribution < 1.29 is 23.9 Å². The molecule has 1 aliphatic carbocycles. The van der Waals surface area contributed by atoms with Gasteiger partial charge in [0.15, 0.2) is 0 Å². The Balaban J connectivity index is 0.725. The van der Waals surface area contributed by atoms with E-state index in [9.17, 15) is 19.5 Å². The number of halogens is 1. The van der Waals surface area contributed by atoms with Gasteiger partial charge in [0, 0.05) is 96.1 Å². The molecule has 15 heteroatoms. The normalized spacial score (nSPS) is 23.7. The van der Waals surface area contributed by atoms with Crippen LogP contribution in [0, 0.1) is 11.7 Å². The molecule has 13 nitrogen and oxygen atoms in total. The highest BCUT2D eigenvalue weighted by molar-refractivity contribution is 7.21. The minimum absolute atomic E-state index is 0.00570. The quantitative estimate of drug-likeness (QED) is 0.144. The molecule has 0 bridgehead atoms. The third kappa shape index (κ3) is 6.94. The van der Waals surface area contributed by atoms with E-state index in [0.29, 0.717) is 47.0 Å². The Labute approximate surface area is 343 Å². The van der Waals surface area contributed by atoms with E-state index in [4.69, 9.17) is 10.1 Å². The van der Waals surface area contributed by atoms with E-state index in [-0.39, 0.29) is 41.3 Å². The first kappa shape index (κ1) is 37.6. The van der Waals surface area contributed by atoms with Crippen LogP contribution in [0.15, 0.2) is 60.7 Å². The topological polar surface area (TPSA) is 157 Å². The average molecular weight is 816 g/mol. The lowest BCUT2D eigenvalue weighted by atomic mass is 9.79. The van der Waals surface area contributed by atoms with Gasteiger partial charge in [-0.1, -0.05) is 0 Å². The summed E-state index contributed by atoms with van der Waals surface area (Å²) in [7, 11) is 1.91. The number of carbonyl (C=O) groups is 3. The highest BCUT2D eigenvalue weighted by Gasteiger charge is 2.34. The molecule has 3 aromatic carbocycles. The van der Waals surface area contributed by atoms with Gasteiger partial charge in [0.05, 0.1) is 34.0 Å². The third-order valence-corrected chi connectivity index (χ3v) is 13.7. The maximum atomic E-state index is 15.6. The lowest BCUT2D eigenvalue weighted by Crippen LogP contribution is -2.52. The van der Waals surface area contributed by atoms with Crippen molar-refractivity contribution in [3.05, 3.63) is 82.6 Å². The SMILES string of the molecule is C[C@@H]1CNc2c(sc3ccc4nc(-c5ccc(C(=O)NC6CC(CN7CCN(c8ccc9c(C%10CCC(O)NC%10=O)nn(C)c9c8)CC7)C6)cc5F)ccc4c23)C(=O)N1. The maximum Gasteiger partial charge on any atom is 0.263 e. The molecule has 2 unspecified atom stereocenters. The van der Waals surface area contributed by atoms with Crippen molar-refractivity contribution >= 4 is 72.3 Å². The van der Waals surface area contributed by atoms with E-state index in [1.807, 2.05) is 36.9 Å². The van der Waals surface area contributed by atoms with Crippen LogP contribution < -0.4 is 26.2 Å². The zero-order valence-electron chi connectivity index (χ0n) is 32.9. The molecular weight excluding hydrogens is 770 g/mol. The van der Waals surface area contributed by atoms with Gasteiger partial charge in [0.2, 0.25) is 5.91 Å². The number of hydrogen-bond acceptors (Lipinski definition) is 10. The van der Waals surface area contributed by atoms with Gasteiger partial charge in [-0.25, -0.2) is 9.37 Å². The van der Waals surface area contributed by atoms with Crippen molar-refractivity contribution in [2.45, 2.75) is 56.8 Å². The number of rotatable bonds is 7. The Morgan fingerprint density at radius 3 is 2.59 bits per heavy atom. The first-order valence-corrected chi connectivity index (χ1v) is 21.3. The number of aliphatic hydroxyl groups excluding tert-OH is 1. The first-order valence-electron chi connectivity index (χ1n) is 20.5. The molecule has 304 valence electrons. The third-order valence-electron chi connectivity index (χ3n) is 12.6. The summed E-state index contributed by atoms with van der Waals surface area (Å²) >= 11 is 1.45. The van der Waals surface area contributed by atoms with E-state index in [1.165, 1.54) is 17.4 Å². The Hall–Kier alpha value is -5.64. The number of anilines is 2. The summed E-state index contributed by atoms with van der Waals surface area (Å²) in [6.45, 7) is 7.26. The molecule has 1 saturated carbocycles. The fourth-order valence-corrected chi connectivity index (χ4v) is 10.4. The Morgan fingerprint density at radius 2 is 1.80 bits per heavy atom. The summed E-state index contributed by atoms with van der Waals surface area (Å²) in [6, 6.07) is 18.6. The van der Waals surface area contributed by atoms with Crippen LogP contribution in [0.1, 0.15) is 64.2 Å². The standard InChI is InChI=1S/C44H46FN9O4S/c1-23-21-46-40-38-29-7-9-33(49-34(29)10-11-36(38)59-41(40)44(58)47-23)28-5-3-25(19-32(28)45)42(56)48-26-17-24(18-26)22-53-13-15-54(16-14-53)27-4-6-30-35(20-27)52(2)51-39(30)31-8-12-37(55)50-43(31)57/h3-7,9-11,19-20,23-24,26,31,37,46,55H,8,12-18,21-22H2,1-2H3,(H,47,58)(H,48,56)(H,50,57)/t23-,24?,26?,31?,37?/m1/s1. The number of thiophene rings is 1. The number of nitrogens with one attached hydrogen (secondary N) is 4. The summed E-state index contributed by atoms with van der Waals surface area (Å²) in [6.07, 6.45) is 2.08. The molecule has 0 radical (unpaired) electrons. The van der Waals surface area contributed by atoms with Crippen molar-refractivity contribution in [1.29, 1.82) is 0 Å². The number of carbonyl (C=O) groups excluding carboxylic acids is 3. The predicted octanol–water partition coefficient (Wildman–Crippen LogP) is 5.33. The molecule has 6 heterocycles. The van der Waals surface area contributed by atoms with Crippen molar-refractivity contribution in [1.82, 2.24) is 35.6 Å². The van der Waals surface area contributed by atoms with Gasteiger partial charge in [-0.05, 0) is 99.2 Å². The van der Waals surface area contributed by atoms with Gasteiger partial charge in [0.1, 0.15) is 16.9 Å². The molecule has 3 aliphatic heterocycles. The fraction of sp³-hybridized carbons (Fsp3) is 0.386. The molecule has 0 spiro atoms. The maximum absolute atomic E-state index is 15.6. The van der Waals surface area contributed by atoms with E-state index >= 15 is 4.39 Å². The van der Waals surface area contributed by atoms with E-state index in [2.05, 4.69) is 49.3 Å². The number of aliphatic hydroxyl groups is 1. The minimum atomic E-state index is -0.790. The summed E-state index contributed by atoms with van der Waals surface area (Å²) in [5.74, 6) is -0.916. The smallest absolute Gasteiger partial charge is 0.263 e. The summed E-state index contributed by atoms with van der Waals surface area (Å²) in [4.78, 5) is 49.0. The highest BCUT2D eigenvalue weighted by Crippen LogP contribution is 2.41. The predicted molar refractivity (Wildman–Crippen MR) is 227 cm³/mol. The van der Waals surface area contributed by atoms with Gasteiger partial charge in [0.25, 0.3) is 11.8 Å². The summed E-state index contributed by atoms with van der Waals surface area (Å²) < 4.78 is 18.4. The number of fused-ring (bicyclic) bond motifs is 6. The van der Waals surface area contributed by atoms with Gasteiger partial charge >= 0.3 is 0 Å². The molecule has 2 saturated heterocycles. The van der Waals surface area contributed by atoms with E-state index in [0.717, 1.165) is 89.0 Å². The highest BCUT2D eigenvalue weighted by atomic mass is 32.1. The minimum Gasteiger partial charge on any atom is -0.381 e. The van der Waals surface area contributed by atoms with Crippen molar-refractivity contribution in [3.63, 3.8) is 0 Å². The van der Waals surface area contributed by atoms with Crippen LogP contribution in [-0.2, 0) is 11.8 Å². The number of piperidine rings is 1. The van der Waals surface area contributed by atoms with Gasteiger partial charge in [-0.2, -0.15) is 5.10 Å². The number of aryl methyl sites for hydroxylation is 1. The lowest BCUT2D eigenvalue weighted by molar-refractivity contribution is -0.128. The summed E-state index contributed by atoms with van der Waals surface area (Å²) in [5, 5.41) is 29.6. The number of nitrogens with zero attached hydrogens (tertiary/aromatic N) is 5. The second-order valence-electron chi connectivity index (χ2n) is 16.6. The van der Waals surface area contributed by atoms with Crippen molar-refractivity contribution in [2.24, 2.45) is 13.0 Å². The first-order chi connectivity index (χ1) is 28.6. The monoisotopic (exact) mass is 815 g/mol. The zero-order chi connectivity index (χ0) is 40.5.